The normalized spacial score (nSPS) is 21.1. The molecule has 1 fully saturated rings. The molecule has 94 valence electrons. The van der Waals surface area contributed by atoms with E-state index in [4.69, 9.17) is 10.7 Å². The van der Waals surface area contributed by atoms with Crippen LogP contribution in [0.25, 0.3) is 0 Å². The summed E-state index contributed by atoms with van der Waals surface area (Å²) in [4.78, 5) is 17.4. The van der Waals surface area contributed by atoms with Crippen LogP contribution in [0.5, 0.6) is 0 Å². The van der Waals surface area contributed by atoms with Gasteiger partial charge in [0.25, 0.3) is 0 Å². The number of carbonyl (C=O) groups is 1. The first-order valence-electron chi connectivity index (χ1n) is 5.02. The molecular weight excluding hydrogens is 284 g/mol. The molecule has 1 unspecified atom stereocenters. The van der Waals surface area contributed by atoms with E-state index in [0.717, 1.165) is 5.01 Å². The molecule has 0 aromatic carbocycles. The maximum Gasteiger partial charge on any atom is 0.232 e. The zero-order valence-electron chi connectivity index (χ0n) is 8.87. The minimum absolute atomic E-state index is 0.0366. The third kappa shape index (κ3) is 3.65. The number of likely N-dealkylation sites (tertiary alicyclic amines) is 1. The second-order valence-corrected chi connectivity index (χ2v) is 7.78. The maximum absolute atomic E-state index is 11.7. The first-order valence-corrected chi connectivity index (χ1v) is 8.38. The van der Waals surface area contributed by atoms with Crippen LogP contribution in [0.3, 0.4) is 0 Å². The number of halogens is 1. The van der Waals surface area contributed by atoms with Crippen molar-refractivity contribution >= 4 is 37.0 Å². The summed E-state index contributed by atoms with van der Waals surface area (Å²) in [5.41, 5.74) is 0. The Morgan fingerprint density at radius 2 is 2.35 bits per heavy atom. The Hall–Kier alpha value is -0.660. The van der Waals surface area contributed by atoms with Crippen LogP contribution in [0.1, 0.15) is 11.4 Å². The molecule has 0 spiro atoms. The van der Waals surface area contributed by atoms with Crippen LogP contribution in [-0.2, 0) is 20.4 Å². The molecule has 2 rings (SSSR count). The number of aromatic nitrogens is 1. The standard InChI is InChI=1S/C9H11ClN2O3S2/c10-17(14,15)6-7-3-9(13)12(4-7)5-8-11-1-2-16-8/h1-2,7H,3-6H2. The largest absolute Gasteiger partial charge is 0.336 e. The predicted octanol–water partition coefficient (Wildman–Crippen LogP) is 1.06. The molecule has 1 atom stereocenters. The van der Waals surface area contributed by atoms with Crippen molar-refractivity contribution in [2.45, 2.75) is 13.0 Å². The number of hydrogen-bond acceptors (Lipinski definition) is 5. The fourth-order valence-corrected chi connectivity index (χ4v) is 3.85. The second-order valence-electron chi connectivity index (χ2n) is 3.98. The lowest BCUT2D eigenvalue weighted by atomic mass is 10.1. The van der Waals surface area contributed by atoms with Crippen molar-refractivity contribution in [2.75, 3.05) is 12.3 Å². The maximum atomic E-state index is 11.7. The first kappa shape index (κ1) is 12.8. The van der Waals surface area contributed by atoms with Gasteiger partial charge in [-0.1, -0.05) is 0 Å². The summed E-state index contributed by atoms with van der Waals surface area (Å²) in [6.07, 6.45) is 1.93. The van der Waals surface area contributed by atoms with Crippen molar-refractivity contribution in [3.63, 3.8) is 0 Å². The van der Waals surface area contributed by atoms with Gasteiger partial charge in [0.1, 0.15) is 5.01 Å². The van der Waals surface area contributed by atoms with Gasteiger partial charge in [-0.2, -0.15) is 0 Å². The zero-order valence-corrected chi connectivity index (χ0v) is 11.3. The average molecular weight is 295 g/mol. The summed E-state index contributed by atoms with van der Waals surface area (Å²) in [6.45, 7) is 0.889. The second kappa shape index (κ2) is 4.91. The van der Waals surface area contributed by atoms with Crippen molar-refractivity contribution in [1.29, 1.82) is 0 Å². The fraction of sp³-hybridized carbons (Fsp3) is 0.556. The molecule has 17 heavy (non-hydrogen) atoms. The van der Waals surface area contributed by atoms with Gasteiger partial charge in [0, 0.05) is 41.1 Å². The van der Waals surface area contributed by atoms with Crippen LogP contribution >= 0.6 is 22.0 Å². The molecule has 0 N–H and O–H groups in total. The highest BCUT2D eigenvalue weighted by Gasteiger charge is 2.32. The van der Waals surface area contributed by atoms with Gasteiger partial charge in [-0.05, 0) is 0 Å². The van der Waals surface area contributed by atoms with Gasteiger partial charge in [0.15, 0.2) is 0 Å². The summed E-state index contributed by atoms with van der Waals surface area (Å²) in [7, 11) is 1.65. The first-order chi connectivity index (χ1) is 7.94. The van der Waals surface area contributed by atoms with Crippen molar-refractivity contribution in [3.05, 3.63) is 16.6 Å². The van der Waals surface area contributed by atoms with E-state index >= 15 is 0 Å². The van der Waals surface area contributed by atoms with Crippen LogP contribution in [0.2, 0.25) is 0 Å². The molecule has 5 nitrogen and oxygen atoms in total. The molecule has 0 saturated carbocycles. The quantitative estimate of drug-likeness (QED) is 0.779. The van der Waals surface area contributed by atoms with Gasteiger partial charge in [-0.25, -0.2) is 13.4 Å². The molecule has 1 amide bonds. The number of nitrogens with zero attached hydrogens (tertiary/aromatic N) is 2. The molecule has 8 heteroatoms. The molecule has 0 aliphatic carbocycles. The zero-order chi connectivity index (χ0) is 12.5. The van der Waals surface area contributed by atoms with Crippen molar-refractivity contribution in [2.24, 2.45) is 5.92 Å². The number of thiazole rings is 1. The number of rotatable bonds is 4. The SMILES string of the molecule is O=C1CC(CS(=O)(=O)Cl)CN1Cc1nccs1. The molecule has 1 aliphatic rings. The summed E-state index contributed by atoms with van der Waals surface area (Å²) in [5.74, 6) is -0.384. The highest BCUT2D eigenvalue weighted by molar-refractivity contribution is 8.13. The summed E-state index contributed by atoms with van der Waals surface area (Å²) in [5, 5.41) is 2.70. The van der Waals surface area contributed by atoms with E-state index < -0.39 is 9.05 Å². The van der Waals surface area contributed by atoms with Crippen molar-refractivity contribution < 1.29 is 13.2 Å². The van der Waals surface area contributed by atoms with Crippen LogP contribution in [-0.4, -0.2) is 36.5 Å². The lowest BCUT2D eigenvalue weighted by Crippen LogP contribution is -2.25. The van der Waals surface area contributed by atoms with Crippen LogP contribution in [0.15, 0.2) is 11.6 Å². The van der Waals surface area contributed by atoms with E-state index in [1.807, 2.05) is 5.38 Å². The molecule has 0 bridgehead atoms. The topological polar surface area (TPSA) is 67.3 Å². The highest BCUT2D eigenvalue weighted by atomic mass is 35.7. The van der Waals surface area contributed by atoms with Crippen molar-refractivity contribution in [1.82, 2.24) is 9.88 Å². The Balaban J connectivity index is 1.96. The molecule has 2 heterocycles. The fourth-order valence-electron chi connectivity index (χ4n) is 1.89. The Morgan fingerprint density at radius 1 is 1.59 bits per heavy atom. The van der Waals surface area contributed by atoms with Crippen LogP contribution in [0.4, 0.5) is 0 Å². The van der Waals surface area contributed by atoms with E-state index in [0.29, 0.717) is 13.1 Å². The van der Waals surface area contributed by atoms with Crippen LogP contribution < -0.4 is 0 Å². The molecule has 1 aromatic heterocycles. The third-order valence-electron chi connectivity index (χ3n) is 2.54. The Labute approximate surface area is 108 Å². The van der Waals surface area contributed by atoms with Gasteiger partial charge in [-0.15, -0.1) is 11.3 Å². The minimum Gasteiger partial charge on any atom is -0.336 e. The van der Waals surface area contributed by atoms with Gasteiger partial charge in [0.2, 0.25) is 15.0 Å². The van der Waals surface area contributed by atoms with E-state index in [2.05, 4.69) is 4.98 Å². The van der Waals surface area contributed by atoms with Gasteiger partial charge in [0.05, 0.1) is 12.3 Å². The van der Waals surface area contributed by atoms with Gasteiger partial charge >= 0.3 is 0 Å². The summed E-state index contributed by atoms with van der Waals surface area (Å²) >= 11 is 1.48. The van der Waals surface area contributed by atoms with Gasteiger partial charge in [-0.3, -0.25) is 4.79 Å². The van der Waals surface area contributed by atoms with E-state index in [1.165, 1.54) is 11.3 Å². The molecular formula is C9H11ClN2O3S2. The van der Waals surface area contributed by atoms with E-state index in [-0.39, 0.29) is 24.0 Å². The third-order valence-corrected chi connectivity index (χ3v) is 4.55. The van der Waals surface area contributed by atoms with Crippen LogP contribution in [0, 0.1) is 5.92 Å². The smallest absolute Gasteiger partial charge is 0.232 e. The Morgan fingerprint density at radius 3 is 2.94 bits per heavy atom. The molecule has 1 aliphatic heterocycles. The summed E-state index contributed by atoms with van der Waals surface area (Å²) in [6, 6.07) is 0. The van der Waals surface area contributed by atoms with Gasteiger partial charge < -0.3 is 4.90 Å². The highest BCUT2D eigenvalue weighted by Crippen LogP contribution is 2.23. The predicted molar refractivity (Wildman–Crippen MR) is 65.3 cm³/mol. The summed E-state index contributed by atoms with van der Waals surface area (Å²) < 4.78 is 21.9. The Bertz CT molecular complexity index is 500. The average Bonchev–Trinajstić information content (AvgIpc) is 2.75. The minimum atomic E-state index is -3.54. The lowest BCUT2D eigenvalue weighted by Gasteiger charge is -2.14. The number of hydrogen-bond donors (Lipinski definition) is 0. The van der Waals surface area contributed by atoms with Crippen molar-refractivity contribution in [3.8, 4) is 0 Å². The van der Waals surface area contributed by atoms with E-state index in [1.54, 1.807) is 11.1 Å². The number of amides is 1. The lowest BCUT2D eigenvalue weighted by molar-refractivity contribution is -0.128. The molecule has 1 saturated heterocycles. The monoisotopic (exact) mass is 294 g/mol. The van der Waals surface area contributed by atoms with E-state index in [9.17, 15) is 13.2 Å². The number of carbonyl (C=O) groups excluding carboxylic acids is 1. The Kier molecular flexibility index (Phi) is 3.70. The molecule has 1 aromatic rings. The molecule has 0 radical (unpaired) electrons.